The second-order valence-electron chi connectivity index (χ2n) is 6.30. The average Bonchev–Trinajstić information content (AvgIpc) is 2.92. The quantitative estimate of drug-likeness (QED) is 0.842. The lowest BCUT2D eigenvalue weighted by molar-refractivity contribution is -0.114. The molecular weight excluding hydrogens is 314 g/mol. The van der Waals surface area contributed by atoms with E-state index in [1.54, 1.807) is 0 Å². The summed E-state index contributed by atoms with van der Waals surface area (Å²) in [6.07, 6.45) is 6.97. The summed E-state index contributed by atoms with van der Waals surface area (Å²) in [6, 6.07) is 7.12. The van der Waals surface area contributed by atoms with Crippen molar-refractivity contribution in [3.63, 3.8) is 0 Å². The molecule has 0 bridgehead atoms. The zero-order chi connectivity index (χ0) is 14.2. The molecule has 3 heteroatoms. The molecule has 0 saturated heterocycles. The van der Waals surface area contributed by atoms with Crippen LogP contribution in [0.5, 0.6) is 0 Å². The highest BCUT2D eigenvalue weighted by atomic mass is 79.9. The Hall–Kier alpha value is -0.540. The molecule has 0 aromatic heterocycles. The monoisotopic (exact) mass is 337 g/mol. The number of aryl methyl sites for hydroxylation is 1. The zero-order valence-corrected chi connectivity index (χ0v) is 14.0. The Morgan fingerprint density at radius 2 is 2.10 bits per heavy atom. The van der Waals surface area contributed by atoms with Crippen LogP contribution in [0, 0.1) is 12.3 Å². The maximum absolute atomic E-state index is 5.98. The van der Waals surface area contributed by atoms with Crippen molar-refractivity contribution in [1.82, 2.24) is 0 Å². The minimum absolute atomic E-state index is 0.389. The van der Waals surface area contributed by atoms with E-state index in [2.05, 4.69) is 53.3 Å². The Balaban J connectivity index is 1.74. The fourth-order valence-electron chi connectivity index (χ4n) is 4.01. The number of hydrogen-bond donors (Lipinski definition) is 1. The molecule has 1 aromatic rings. The highest BCUT2D eigenvalue weighted by Gasteiger charge is 2.56. The van der Waals surface area contributed by atoms with Crippen molar-refractivity contribution in [3.05, 3.63) is 28.2 Å². The van der Waals surface area contributed by atoms with Crippen LogP contribution in [0.2, 0.25) is 0 Å². The molecule has 0 radical (unpaired) electrons. The van der Waals surface area contributed by atoms with Gasteiger partial charge in [0.1, 0.15) is 0 Å². The Kier molecular flexibility index (Phi) is 4.09. The molecule has 2 fully saturated rings. The lowest BCUT2D eigenvalue weighted by Gasteiger charge is -2.54. The van der Waals surface area contributed by atoms with Gasteiger partial charge in [-0.1, -0.05) is 18.9 Å². The molecule has 2 atom stereocenters. The highest BCUT2D eigenvalue weighted by Crippen LogP contribution is 2.55. The number of nitrogens with one attached hydrogen (secondary N) is 1. The zero-order valence-electron chi connectivity index (χ0n) is 12.4. The van der Waals surface area contributed by atoms with E-state index in [1.165, 1.54) is 41.4 Å². The van der Waals surface area contributed by atoms with E-state index in [1.807, 2.05) is 0 Å². The minimum atomic E-state index is 0.389. The van der Waals surface area contributed by atoms with Crippen molar-refractivity contribution >= 4 is 21.6 Å². The van der Waals surface area contributed by atoms with Gasteiger partial charge in [0.05, 0.1) is 6.10 Å². The van der Waals surface area contributed by atoms with Crippen LogP contribution in [-0.2, 0) is 4.74 Å². The Morgan fingerprint density at radius 1 is 1.35 bits per heavy atom. The second-order valence-corrected chi connectivity index (χ2v) is 7.15. The molecule has 20 heavy (non-hydrogen) atoms. The van der Waals surface area contributed by atoms with E-state index >= 15 is 0 Å². The van der Waals surface area contributed by atoms with Crippen molar-refractivity contribution in [2.24, 2.45) is 5.41 Å². The second kappa shape index (κ2) is 5.69. The number of benzene rings is 1. The van der Waals surface area contributed by atoms with Crippen LogP contribution < -0.4 is 5.32 Å². The third kappa shape index (κ3) is 2.39. The van der Waals surface area contributed by atoms with Gasteiger partial charge < -0.3 is 10.1 Å². The van der Waals surface area contributed by atoms with Crippen molar-refractivity contribution in [2.45, 2.75) is 58.1 Å². The first kappa shape index (κ1) is 14.4. The SMILES string of the molecule is CCOC1CC(Nc2ccc(C)cc2Br)C12CCCC2. The fraction of sp³-hybridized carbons (Fsp3) is 0.647. The maximum atomic E-state index is 5.98. The van der Waals surface area contributed by atoms with Gasteiger partial charge in [-0.3, -0.25) is 0 Å². The van der Waals surface area contributed by atoms with Crippen molar-refractivity contribution in [3.8, 4) is 0 Å². The van der Waals surface area contributed by atoms with E-state index in [4.69, 9.17) is 4.74 Å². The summed E-state index contributed by atoms with van der Waals surface area (Å²) >= 11 is 3.68. The molecule has 0 amide bonds. The summed E-state index contributed by atoms with van der Waals surface area (Å²) in [6.45, 7) is 5.08. The van der Waals surface area contributed by atoms with Gasteiger partial charge in [0.25, 0.3) is 0 Å². The molecule has 2 aliphatic rings. The number of anilines is 1. The molecule has 1 N–H and O–H groups in total. The molecule has 2 saturated carbocycles. The summed E-state index contributed by atoms with van der Waals surface area (Å²) < 4.78 is 7.15. The van der Waals surface area contributed by atoms with E-state index in [-0.39, 0.29) is 0 Å². The van der Waals surface area contributed by atoms with Gasteiger partial charge >= 0.3 is 0 Å². The molecule has 0 aliphatic heterocycles. The summed E-state index contributed by atoms with van der Waals surface area (Å²) in [5.74, 6) is 0. The smallest absolute Gasteiger partial charge is 0.0670 e. The molecule has 1 spiro atoms. The Morgan fingerprint density at radius 3 is 2.75 bits per heavy atom. The summed E-state index contributed by atoms with van der Waals surface area (Å²) in [4.78, 5) is 0. The maximum Gasteiger partial charge on any atom is 0.0670 e. The largest absolute Gasteiger partial charge is 0.381 e. The predicted octanol–water partition coefficient (Wildman–Crippen LogP) is 4.91. The number of ether oxygens (including phenoxy) is 1. The Labute approximate surface area is 130 Å². The van der Waals surface area contributed by atoms with Crippen LogP contribution in [0.25, 0.3) is 0 Å². The van der Waals surface area contributed by atoms with Crippen LogP contribution in [0.1, 0.15) is 44.6 Å². The fourth-order valence-corrected chi connectivity index (χ4v) is 4.62. The third-order valence-corrected chi connectivity index (χ3v) is 5.80. The molecule has 2 unspecified atom stereocenters. The molecule has 110 valence electrons. The first-order valence-corrected chi connectivity index (χ1v) is 8.59. The first-order chi connectivity index (χ1) is 9.65. The van der Waals surface area contributed by atoms with Gasteiger partial charge in [-0.05, 0) is 66.7 Å². The molecule has 3 rings (SSSR count). The van der Waals surface area contributed by atoms with E-state index in [0.717, 1.165) is 13.0 Å². The van der Waals surface area contributed by atoms with Gasteiger partial charge in [0.2, 0.25) is 0 Å². The third-order valence-electron chi connectivity index (χ3n) is 5.14. The lowest BCUT2D eigenvalue weighted by atomic mass is 9.60. The minimum Gasteiger partial charge on any atom is -0.381 e. The van der Waals surface area contributed by atoms with Crippen LogP contribution in [-0.4, -0.2) is 18.8 Å². The molecule has 2 aliphatic carbocycles. The van der Waals surface area contributed by atoms with E-state index < -0.39 is 0 Å². The first-order valence-electron chi connectivity index (χ1n) is 7.80. The molecule has 1 aromatic carbocycles. The average molecular weight is 338 g/mol. The van der Waals surface area contributed by atoms with Crippen LogP contribution >= 0.6 is 15.9 Å². The van der Waals surface area contributed by atoms with Crippen LogP contribution in [0.4, 0.5) is 5.69 Å². The van der Waals surface area contributed by atoms with E-state index in [9.17, 15) is 0 Å². The Bertz CT molecular complexity index is 482. The van der Waals surface area contributed by atoms with E-state index in [0.29, 0.717) is 17.6 Å². The van der Waals surface area contributed by atoms with Crippen molar-refractivity contribution in [2.75, 3.05) is 11.9 Å². The number of rotatable bonds is 4. The summed E-state index contributed by atoms with van der Waals surface area (Å²) in [5.41, 5.74) is 2.90. The van der Waals surface area contributed by atoms with Crippen LogP contribution in [0.3, 0.4) is 0 Å². The molecular formula is C17H24BrNO. The van der Waals surface area contributed by atoms with Crippen molar-refractivity contribution < 1.29 is 4.74 Å². The van der Waals surface area contributed by atoms with Gasteiger partial charge in [0.15, 0.2) is 0 Å². The van der Waals surface area contributed by atoms with Crippen molar-refractivity contribution in [1.29, 1.82) is 0 Å². The lowest BCUT2D eigenvalue weighted by Crippen LogP contribution is -2.60. The molecule has 2 nitrogen and oxygen atoms in total. The van der Waals surface area contributed by atoms with Gasteiger partial charge in [-0.2, -0.15) is 0 Å². The standard InChI is InChI=1S/C17H24BrNO/c1-3-20-16-11-15(17(16)8-4-5-9-17)19-14-7-6-12(2)10-13(14)18/h6-7,10,15-16,19H,3-5,8-9,11H2,1-2H3. The number of hydrogen-bond acceptors (Lipinski definition) is 2. The van der Waals surface area contributed by atoms with Crippen LogP contribution in [0.15, 0.2) is 22.7 Å². The highest BCUT2D eigenvalue weighted by molar-refractivity contribution is 9.10. The normalized spacial score (nSPS) is 27.6. The number of halogens is 1. The topological polar surface area (TPSA) is 21.3 Å². The van der Waals surface area contributed by atoms with Gasteiger partial charge in [-0.15, -0.1) is 0 Å². The van der Waals surface area contributed by atoms with Gasteiger partial charge in [0, 0.05) is 28.2 Å². The van der Waals surface area contributed by atoms with Gasteiger partial charge in [-0.25, -0.2) is 0 Å². The summed E-state index contributed by atoms with van der Waals surface area (Å²) in [7, 11) is 0. The predicted molar refractivity (Wildman–Crippen MR) is 87.2 cm³/mol. The molecule has 0 heterocycles. The summed E-state index contributed by atoms with van der Waals surface area (Å²) in [5, 5.41) is 3.77.